The Balaban J connectivity index is 1.33. The molecule has 28 heavy (non-hydrogen) atoms. The maximum absolute atomic E-state index is 13.1. The second-order valence-corrected chi connectivity index (χ2v) is 9.25. The molecule has 0 aliphatic carbocycles. The van der Waals surface area contributed by atoms with Crippen LogP contribution in [0.4, 0.5) is 5.69 Å². The molecule has 2 heterocycles. The van der Waals surface area contributed by atoms with E-state index in [0.717, 1.165) is 51.4 Å². The largest absolute Gasteiger partial charge is 0.310 e. The fraction of sp³-hybridized carbons (Fsp3) is 0.435. The summed E-state index contributed by atoms with van der Waals surface area (Å²) in [4.78, 5) is 21.2. The molecule has 0 N–H and O–H groups in total. The molecule has 2 aromatic carbocycles. The number of benzene rings is 2. The summed E-state index contributed by atoms with van der Waals surface area (Å²) in [5, 5.41) is 0.542. The molecule has 0 spiro atoms. The van der Waals surface area contributed by atoms with Gasteiger partial charge >= 0.3 is 0 Å². The molecule has 2 aliphatic rings. The molecule has 1 amide bonds. The molecule has 148 valence electrons. The maximum Gasteiger partial charge on any atom is 0.241 e. The summed E-state index contributed by atoms with van der Waals surface area (Å²) >= 11 is 1.89. The Hall–Kier alpha value is -1.82. The number of amides is 1. The van der Waals surface area contributed by atoms with Crippen molar-refractivity contribution in [1.82, 2.24) is 9.80 Å². The van der Waals surface area contributed by atoms with Gasteiger partial charge in [-0.15, -0.1) is 11.8 Å². The summed E-state index contributed by atoms with van der Waals surface area (Å²) in [5.74, 6) is 0.235. The fourth-order valence-corrected chi connectivity index (χ4v) is 5.08. The lowest BCUT2D eigenvalue weighted by Crippen LogP contribution is -2.50. The zero-order valence-corrected chi connectivity index (χ0v) is 17.4. The fourth-order valence-electron chi connectivity index (χ4n) is 3.97. The molecule has 4 nitrogen and oxygen atoms in total. The number of carbonyl (C=O) groups excluding carboxylic acids is 1. The topological polar surface area (TPSA) is 26.8 Å². The van der Waals surface area contributed by atoms with Crippen molar-refractivity contribution in [2.45, 2.75) is 30.0 Å². The highest BCUT2D eigenvalue weighted by Gasteiger charge is 2.26. The molecule has 4 rings (SSSR count). The van der Waals surface area contributed by atoms with Crippen LogP contribution in [-0.2, 0) is 11.3 Å². The first-order valence-electron chi connectivity index (χ1n) is 10.2. The van der Waals surface area contributed by atoms with Crippen molar-refractivity contribution < 1.29 is 4.79 Å². The van der Waals surface area contributed by atoms with Crippen molar-refractivity contribution >= 4 is 23.4 Å². The van der Waals surface area contributed by atoms with E-state index in [4.69, 9.17) is 0 Å². The van der Waals surface area contributed by atoms with Gasteiger partial charge in [0.05, 0.1) is 12.2 Å². The average molecular weight is 396 g/mol. The van der Waals surface area contributed by atoms with E-state index in [-0.39, 0.29) is 5.91 Å². The van der Waals surface area contributed by atoms with E-state index in [0.29, 0.717) is 11.8 Å². The zero-order chi connectivity index (χ0) is 19.3. The van der Waals surface area contributed by atoms with Gasteiger partial charge < -0.3 is 4.90 Å². The van der Waals surface area contributed by atoms with Gasteiger partial charge in [-0.25, -0.2) is 0 Å². The normalized spacial score (nSPS) is 21.2. The van der Waals surface area contributed by atoms with Crippen molar-refractivity contribution in [1.29, 1.82) is 0 Å². The summed E-state index contributed by atoms with van der Waals surface area (Å²) in [6, 6.07) is 19.0. The number of para-hydroxylation sites is 1. The van der Waals surface area contributed by atoms with Crippen LogP contribution in [-0.4, -0.2) is 60.2 Å². The highest BCUT2D eigenvalue weighted by molar-refractivity contribution is 8.00. The van der Waals surface area contributed by atoms with Gasteiger partial charge in [-0.1, -0.05) is 49.4 Å². The van der Waals surface area contributed by atoms with E-state index in [2.05, 4.69) is 65.3 Å². The first kappa shape index (κ1) is 19.5. The summed E-state index contributed by atoms with van der Waals surface area (Å²) in [5.41, 5.74) is 2.45. The summed E-state index contributed by atoms with van der Waals surface area (Å²) in [7, 11) is 0. The third kappa shape index (κ3) is 4.77. The van der Waals surface area contributed by atoms with E-state index in [1.807, 2.05) is 22.7 Å². The summed E-state index contributed by atoms with van der Waals surface area (Å²) in [6.45, 7) is 8.54. The number of piperazine rings is 1. The van der Waals surface area contributed by atoms with Crippen LogP contribution in [0.25, 0.3) is 0 Å². The van der Waals surface area contributed by atoms with E-state index in [9.17, 15) is 4.79 Å². The molecule has 1 fully saturated rings. The lowest BCUT2D eigenvalue weighted by molar-refractivity contribution is -0.120. The van der Waals surface area contributed by atoms with E-state index >= 15 is 0 Å². The average Bonchev–Trinajstić information content (AvgIpc) is 2.88. The minimum atomic E-state index is 0.235. The minimum absolute atomic E-state index is 0.235. The highest BCUT2D eigenvalue weighted by Crippen LogP contribution is 2.37. The van der Waals surface area contributed by atoms with Crippen molar-refractivity contribution in [2.75, 3.05) is 44.2 Å². The van der Waals surface area contributed by atoms with E-state index in [1.165, 1.54) is 10.5 Å². The minimum Gasteiger partial charge on any atom is -0.310 e. The van der Waals surface area contributed by atoms with Crippen molar-refractivity contribution in [3.63, 3.8) is 0 Å². The Morgan fingerprint density at radius 3 is 2.39 bits per heavy atom. The van der Waals surface area contributed by atoms with Crippen LogP contribution in [0.2, 0.25) is 0 Å². The van der Waals surface area contributed by atoms with Gasteiger partial charge in [-0.05, 0) is 24.1 Å². The number of hydrogen-bond acceptors (Lipinski definition) is 4. The quantitative estimate of drug-likeness (QED) is 0.788. The molecule has 0 radical (unpaired) electrons. The predicted octanol–water partition coefficient (Wildman–Crippen LogP) is 3.72. The molecular weight excluding hydrogens is 366 g/mol. The smallest absolute Gasteiger partial charge is 0.241 e. The number of thioether (sulfide) groups is 1. The van der Waals surface area contributed by atoms with E-state index in [1.54, 1.807) is 0 Å². The Bertz CT molecular complexity index is 789. The van der Waals surface area contributed by atoms with Crippen LogP contribution in [0.1, 0.15) is 18.9 Å². The van der Waals surface area contributed by atoms with Gasteiger partial charge in [-0.2, -0.15) is 0 Å². The van der Waals surface area contributed by atoms with Crippen molar-refractivity contribution in [3.8, 4) is 0 Å². The third-order valence-electron chi connectivity index (χ3n) is 5.62. The van der Waals surface area contributed by atoms with E-state index < -0.39 is 0 Å². The van der Waals surface area contributed by atoms with Gasteiger partial charge in [0.15, 0.2) is 0 Å². The first-order chi connectivity index (χ1) is 13.7. The SMILES string of the molecule is C[C@H]1CCN(C(=O)CN2CCN(Cc3ccccc3)CC2)c2ccccc2S1. The standard InChI is InChI=1S/C23H29N3OS/c1-19-11-12-26(21-9-5-6-10-22(21)28-19)23(27)18-25-15-13-24(14-16-25)17-20-7-3-2-4-8-20/h2-10,19H,11-18H2,1H3/t19-/m0/s1. The molecule has 1 saturated heterocycles. The van der Waals surface area contributed by atoms with Gasteiger partial charge in [0.25, 0.3) is 0 Å². The van der Waals surface area contributed by atoms with Crippen LogP contribution in [0.5, 0.6) is 0 Å². The Kier molecular flexibility index (Phi) is 6.35. The Morgan fingerprint density at radius 2 is 1.61 bits per heavy atom. The molecule has 0 unspecified atom stereocenters. The number of carbonyl (C=O) groups is 1. The first-order valence-corrected chi connectivity index (χ1v) is 11.1. The molecule has 2 aromatic rings. The number of anilines is 1. The molecular formula is C23H29N3OS. The number of nitrogens with zero attached hydrogens (tertiary/aromatic N) is 3. The number of hydrogen-bond donors (Lipinski definition) is 0. The monoisotopic (exact) mass is 395 g/mol. The number of fused-ring (bicyclic) bond motifs is 1. The van der Waals surface area contributed by atoms with Crippen molar-refractivity contribution in [3.05, 3.63) is 60.2 Å². The molecule has 2 aliphatic heterocycles. The van der Waals surface area contributed by atoms with Gasteiger partial charge in [0.2, 0.25) is 5.91 Å². The lowest BCUT2D eigenvalue weighted by atomic mass is 10.2. The zero-order valence-electron chi connectivity index (χ0n) is 16.6. The predicted molar refractivity (Wildman–Crippen MR) is 117 cm³/mol. The summed E-state index contributed by atoms with van der Waals surface area (Å²) < 4.78 is 0. The highest BCUT2D eigenvalue weighted by atomic mass is 32.2. The van der Waals surface area contributed by atoms with Gasteiger partial charge in [-0.3, -0.25) is 14.6 Å². The van der Waals surface area contributed by atoms with Crippen LogP contribution >= 0.6 is 11.8 Å². The third-order valence-corrected chi connectivity index (χ3v) is 6.85. The van der Waals surface area contributed by atoms with Crippen molar-refractivity contribution in [2.24, 2.45) is 0 Å². The molecule has 0 bridgehead atoms. The second-order valence-electron chi connectivity index (χ2n) is 7.77. The van der Waals surface area contributed by atoms with Gasteiger partial charge in [0.1, 0.15) is 0 Å². The second kappa shape index (κ2) is 9.12. The Morgan fingerprint density at radius 1 is 0.929 bits per heavy atom. The molecule has 0 saturated carbocycles. The molecule has 0 aromatic heterocycles. The number of rotatable bonds is 4. The molecule has 5 heteroatoms. The van der Waals surface area contributed by atoms with Crippen LogP contribution < -0.4 is 4.90 Å². The van der Waals surface area contributed by atoms with Gasteiger partial charge in [0, 0.05) is 49.4 Å². The van der Waals surface area contributed by atoms with Crippen LogP contribution in [0.15, 0.2) is 59.5 Å². The summed E-state index contributed by atoms with van der Waals surface area (Å²) in [6.07, 6.45) is 1.04. The lowest BCUT2D eigenvalue weighted by Gasteiger charge is -2.35. The Labute approximate surface area is 172 Å². The molecule has 1 atom stereocenters. The van der Waals surface area contributed by atoms with Crippen LogP contribution in [0.3, 0.4) is 0 Å². The van der Waals surface area contributed by atoms with Crippen LogP contribution in [0, 0.1) is 0 Å². The maximum atomic E-state index is 13.1.